The van der Waals surface area contributed by atoms with Gasteiger partial charge in [0.1, 0.15) is 23.7 Å². The number of nitrogens with zero attached hydrogens (tertiary/aromatic N) is 1. The highest BCUT2D eigenvalue weighted by Gasteiger charge is 2.34. The monoisotopic (exact) mass is 384 g/mol. The molecule has 0 aliphatic heterocycles. The van der Waals surface area contributed by atoms with Crippen molar-refractivity contribution in [3.8, 4) is 0 Å². The van der Waals surface area contributed by atoms with Crippen LogP contribution in [0.4, 0.5) is 4.39 Å². The lowest BCUT2D eigenvalue weighted by Gasteiger charge is -2.18. The molecule has 6 heteroatoms. The Morgan fingerprint density at radius 1 is 1.15 bits per heavy atom. The maximum absolute atomic E-state index is 13.2. The minimum atomic E-state index is -0.204. The topological polar surface area (TPSA) is 50.2 Å². The number of hydrogen-bond donors (Lipinski definition) is 2. The number of H-pyrrole nitrogens is 1. The summed E-state index contributed by atoms with van der Waals surface area (Å²) in [5.74, 6) is 0.569. The lowest BCUT2D eigenvalue weighted by Crippen LogP contribution is -3.10. The predicted molar refractivity (Wildman–Crippen MR) is 105 cm³/mol. The molecular formula is C21H23FN3OS+. The minimum absolute atomic E-state index is 0.0197. The van der Waals surface area contributed by atoms with Crippen molar-refractivity contribution in [2.45, 2.75) is 57.7 Å². The molecular weight excluding hydrogens is 361 g/mol. The molecule has 0 bridgehead atoms. The largest absolute Gasteiger partial charge is 0.322 e. The smallest absolute Gasteiger partial charge is 0.260 e. The quantitative estimate of drug-likeness (QED) is 0.711. The van der Waals surface area contributed by atoms with E-state index in [1.54, 1.807) is 11.3 Å². The van der Waals surface area contributed by atoms with Gasteiger partial charge in [-0.3, -0.25) is 4.79 Å². The van der Waals surface area contributed by atoms with Gasteiger partial charge in [-0.05, 0) is 43.4 Å². The molecule has 3 aromatic rings. The van der Waals surface area contributed by atoms with E-state index in [1.165, 1.54) is 46.7 Å². The number of nitrogens with one attached hydrogen (secondary N) is 2. The second-order valence-electron chi connectivity index (χ2n) is 7.82. The van der Waals surface area contributed by atoms with Crippen molar-refractivity contribution < 1.29 is 9.29 Å². The van der Waals surface area contributed by atoms with E-state index in [9.17, 15) is 9.18 Å². The maximum atomic E-state index is 13.2. The first kappa shape index (κ1) is 17.1. The number of halogens is 1. The van der Waals surface area contributed by atoms with E-state index in [0.29, 0.717) is 12.6 Å². The molecule has 1 fully saturated rings. The number of aryl methyl sites for hydroxylation is 2. The van der Waals surface area contributed by atoms with Crippen LogP contribution in [-0.2, 0) is 25.9 Å². The van der Waals surface area contributed by atoms with Crippen molar-refractivity contribution >= 4 is 21.6 Å². The summed E-state index contributed by atoms with van der Waals surface area (Å²) in [6, 6.07) is 7.34. The van der Waals surface area contributed by atoms with Crippen LogP contribution in [0, 0.1) is 5.82 Å². The van der Waals surface area contributed by atoms with E-state index in [2.05, 4.69) is 4.98 Å². The first-order chi connectivity index (χ1) is 13.2. The number of quaternary nitrogens is 1. The highest BCUT2D eigenvalue weighted by Crippen LogP contribution is 2.33. The van der Waals surface area contributed by atoms with E-state index in [-0.39, 0.29) is 11.4 Å². The highest BCUT2D eigenvalue weighted by atomic mass is 32.1. The number of hydrogen-bond acceptors (Lipinski definition) is 3. The zero-order valence-electron chi connectivity index (χ0n) is 15.2. The zero-order valence-corrected chi connectivity index (χ0v) is 16.0. The fraction of sp³-hybridized carbons (Fsp3) is 0.429. The van der Waals surface area contributed by atoms with E-state index in [4.69, 9.17) is 4.98 Å². The van der Waals surface area contributed by atoms with Crippen LogP contribution in [0.5, 0.6) is 0 Å². The molecule has 0 spiro atoms. The first-order valence-corrected chi connectivity index (χ1v) is 10.6. The van der Waals surface area contributed by atoms with Gasteiger partial charge >= 0.3 is 0 Å². The summed E-state index contributed by atoms with van der Waals surface area (Å²) in [6.45, 7) is 1.53. The van der Waals surface area contributed by atoms with Crippen LogP contribution in [0.25, 0.3) is 10.2 Å². The third-order valence-corrected chi connectivity index (χ3v) is 6.95. The van der Waals surface area contributed by atoms with Crippen LogP contribution in [0.3, 0.4) is 0 Å². The molecule has 0 radical (unpaired) electrons. The molecule has 1 atom stereocenters. The van der Waals surface area contributed by atoms with E-state index >= 15 is 0 Å². The molecule has 0 amide bonds. The Kier molecular flexibility index (Phi) is 4.32. The Balaban J connectivity index is 1.43. The van der Waals surface area contributed by atoms with Gasteiger partial charge in [-0.2, -0.15) is 0 Å². The van der Waals surface area contributed by atoms with Gasteiger partial charge in [0.15, 0.2) is 5.82 Å². The molecule has 4 nitrogen and oxygen atoms in total. The molecule has 140 valence electrons. The SMILES string of the molecule is O=c1[nH]c(C[NH+](Cc2ccc(F)cc2)C2CC2)nc2sc3c(c12)CCCC3. The maximum Gasteiger partial charge on any atom is 0.260 e. The molecule has 0 saturated heterocycles. The minimum Gasteiger partial charge on any atom is -0.322 e. The van der Waals surface area contributed by atoms with Crippen molar-refractivity contribution in [2.24, 2.45) is 0 Å². The Bertz CT molecular complexity index is 1040. The van der Waals surface area contributed by atoms with Crippen LogP contribution in [-0.4, -0.2) is 16.0 Å². The van der Waals surface area contributed by atoms with Crippen molar-refractivity contribution in [3.05, 3.63) is 62.3 Å². The highest BCUT2D eigenvalue weighted by molar-refractivity contribution is 7.18. The van der Waals surface area contributed by atoms with Crippen LogP contribution in [0.15, 0.2) is 29.1 Å². The van der Waals surface area contributed by atoms with Gasteiger partial charge in [-0.15, -0.1) is 11.3 Å². The van der Waals surface area contributed by atoms with Crippen molar-refractivity contribution in [1.82, 2.24) is 9.97 Å². The summed E-state index contributed by atoms with van der Waals surface area (Å²) in [4.78, 5) is 24.3. The van der Waals surface area contributed by atoms with Crippen LogP contribution in [0.1, 0.15) is 47.5 Å². The fourth-order valence-electron chi connectivity index (χ4n) is 4.21. The van der Waals surface area contributed by atoms with Gasteiger partial charge in [0.25, 0.3) is 5.56 Å². The Morgan fingerprint density at radius 2 is 1.93 bits per heavy atom. The Labute approximate surface area is 161 Å². The number of rotatable bonds is 5. The average Bonchev–Trinajstić information content (AvgIpc) is 3.43. The summed E-state index contributed by atoms with van der Waals surface area (Å²) >= 11 is 1.70. The standard InChI is InChI=1S/C21H22FN3OS/c22-14-7-5-13(6-8-14)11-25(15-9-10-15)12-18-23-20(26)19-16-3-1-2-4-17(16)27-21(19)24-18/h5-8,15H,1-4,9-12H2,(H,23,24,26)/p+1. The molecule has 2 aliphatic carbocycles. The van der Waals surface area contributed by atoms with Gasteiger partial charge in [-0.25, -0.2) is 9.37 Å². The van der Waals surface area contributed by atoms with Gasteiger partial charge in [0.05, 0.1) is 11.4 Å². The van der Waals surface area contributed by atoms with Crippen LogP contribution >= 0.6 is 11.3 Å². The number of benzene rings is 1. The fourth-order valence-corrected chi connectivity index (χ4v) is 5.50. The lowest BCUT2D eigenvalue weighted by atomic mass is 9.97. The second-order valence-corrected chi connectivity index (χ2v) is 8.90. The number of aromatic nitrogens is 2. The van der Waals surface area contributed by atoms with Crippen molar-refractivity contribution in [1.29, 1.82) is 0 Å². The molecule has 1 unspecified atom stereocenters. The molecule has 1 saturated carbocycles. The van der Waals surface area contributed by atoms with E-state index < -0.39 is 0 Å². The first-order valence-electron chi connectivity index (χ1n) is 9.80. The molecule has 2 aliphatic rings. The zero-order chi connectivity index (χ0) is 18.4. The molecule has 2 aromatic heterocycles. The molecule has 2 N–H and O–H groups in total. The van der Waals surface area contributed by atoms with Crippen LogP contribution < -0.4 is 10.5 Å². The van der Waals surface area contributed by atoms with Gasteiger partial charge in [0.2, 0.25) is 0 Å². The molecule has 27 heavy (non-hydrogen) atoms. The normalized spacial score (nSPS) is 17.8. The number of aromatic amines is 1. The molecule has 1 aromatic carbocycles. The van der Waals surface area contributed by atoms with Crippen molar-refractivity contribution in [3.63, 3.8) is 0 Å². The number of thiophene rings is 1. The predicted octanol–water partition coefficient (Wildman–Crippen LogP) is 2.75. The lowest BCUT2D eigenvalue weighted by molar-refractivity contribution is -0.939. The Morgan fingerprint density at radius 3 is 2.70 bits per heavy atom. The van der Waals surface area contributed by atoms with Crippen molar-refractivity contribution in [2.75, 3.05) is 0 Å². The summed E-state index contributed by atoms with van der Waals surface area (Å²) in [5.41, 5.74) is 2.37. The summed E-state index contributed by atoms with van der Waals surface area (Å²) in [5, 5.41) is 0.824. The average molecular weight is 385 g/mol. The third kappa shape index (κ3) is 3.44. The van der Waals surface area contributed by atoms with Crippen LogP contribution in [0.2, 0.25) is 0 Å². The van der Waals surface area contributed by atoms with E-state index in [0.717, 1.165) is 47.4 Å². The Hall–Kier alpha value is -2.05. The second kappa shape index (κ2) is 6.84. The summed E-state index contributed by atoms with van der Waals surface area (Å²) < 4.78 is 13.2. The van der Waals surface area contributed by atoms with Gasteiger partial charge < -0.3 is 9.88 Å². The van der Waals surface area contributed by atoms with Gasteiger partial charge in [-0.1, -0.05) is 12.1 Å². The molecule has 2 heterocycles. The van der Waals surface area contributed by atoms with E-state index in [1.807, 2.05) is 12.1 Å². The van der Waals surface area contributed by atoms with Gasteiger partial charge in [0, 0.05) is 23.3 Å². The molecule has 5 rings (SSSR count). The third-order valence-electron chi connectivity index (χ3n) is 5.77. The summed E-state index contributed by atoms with van der Waals surface area (Å²) in [6.07, 6.45) is 6.87. The summed E-state index contributed by atoms with van der Waals surface area (Å²) in [7, 11) is 0. The number of fused-ring (bicyclic) bond motifs is 3.